The molecule has 1 aromatic rings. The molecule has 0 aliphatic heterocycles. The summed E-state index contributed by atoms with van der Waals surface area (Å²) in [6.07, 6.45) is 2.45. The van der Waals surface area contributed by atoms with Gasteiger partial charge in [0.15, 0.2) is 0 Å². The molecule has 2 nitrogen and oxygen atoms in total. The lowest BCUT2D eigenvalue weighted by atomic mass is 10.1. The van der Waals surface area contributed by atoms with E-state index < -0.39 is 0 Å². The molecule has 0 saturated heterocycles. The first kappa shape index (κ1) is 14.0. The Labute approximate surface area is 105 Å². The highest BCUT2D eigenvalue weighted by Gasteiger charge is 2.00. The molecule has 0 saturated carbocycles. The second-order valence-electron chi connectivity index (χ2n) is 4.74. The van der Waals surface area contributed by atoms with E-state index in [1.807, 2.05) is 6.07 Å². The van der Waals surface area contributed by atoms with Gasteiger partial charge >= 0.3 is 0 Å². The zero-order valence-corrected chi connectivity index (χ0v) is 11.5. The third kappa shape index (κ3) is 5.22. The van der Waals surface area contributed by atoms with Crippen molar-refractivity contribution in [2.75, 3.05) is 13.2 Å². The molecule has 2 heteroatoms. The molecule has 17 heavy (non-hydrogen) atoms. The molecule has 1 N–H and O–H groups in total. The lowest BCUT2D eigenvalue weighted by molar-refractivity contribution is 0.304. The Bertz CT molecular complexity index is 336. The maximum Gasteiger partial charge on any atom is 0.119 e. The van der Waals surface area contributed by atoms with Crippen LogP contribution in [0, 0.1) is 13.8 Å². The standard InChI is InChI=1S/C15H25NO/c1-5-6-14(4)16-9-10-17-15-8-7-12(2)13(3)11-15/h7-8,11,14,16H,5-6,9-10H2,1-4H3. The summed E-state index contributed by atoms with van der Waals surface area (Å²) in [5.74, 6) is 0.970. The van der Waals surface area contributed by atoms with Crippen molar-refractivity contribution in [1.29, 1.82) is 0 Å². The second kappa shape index (κ2) is 7.33. The molecule has 0 spiro atoms. The summed E-state index contributed by atoms with van der Waals surface area (Å²) in [5.41, 5.74) is 2.60. The van der Waals surface area contributed by atoms with E-state index in [1.54, 1.807) is 0 Å². The van der Waals surface area contributed by atoms with Crippen molar-refractivity contribution in [3.63, 3.8) is 0 Å². The van der Waals surface area contributed by atoms with E-state index in [4.69, 9.17) is 4.74 Å². The van der Waals surface area contributed by atoms with E-state index in [2.05, 4.69) is 45.1 Å². The number of benzene rings is 1. The first-order valence-corrected chi connectivity index (χ1v) is 6.57. The van der Waals surface area contributed by atoms with Gasteiger partial charge in [-0.2, -0.15) is 0 Å². The second-order valence-corrected chi connectivity index (χ2v) is 4.74. The van der Waals surface area contributed by atoms with Crippen LogP contribution < -0.4 is 10.1 Å². The van der Waals surface area contributed by atoms with Gasteiger partial charge in [-0.15, -0.1) is 0 Å². The minimum atomic E-state index is 0.586. The molecule has 1 atom stereocenters. The van der Waals surface area contributed by atoms with Gasteiger partial charge in [-0.1, -0.05) is 19.4 Å². The molecular formula is C15H25NO. The number of aryl methyl sites for hydroxylation is 2. The summed E-state index contributed by atoms with van der Waals surface area (Å²) < 4.78 is 5.71. The molecule has 0 amide bonds. The maximum atomic E-state index is 5.71. The predicted octanol–water partition coefficient (Wildman–Crippen LogP) is 3.46. The van der Waals surface area contributed by atoms with Gasteiger partial charge in [-0.05, 0) is 50.5 Å². The Morgan fingerprint density at radius 2 is 2.00 bits per heavy atom. The average Bonchev–Trinajstić information content (AvgIpc) is 2.29. The van der Waals surface area contributed by atoms with E-state index in [-0.39, 0.29) is 0 Å². The van der Waals surface area contributed by atoms with Gasteiger partial charge in [0.1, 0.15) is 12.4 Å². The lowest BCUT2D eigenvalue weighted by Crippen LogP contribution is -2.29. The van der Waals surface area contributed by atoms with Crippen molar-refractivity contribution in [3.05, 3.63) is 29.3 Å². The molecule has 1 unspecified atom stereocenters. The van der Waals surface area contributed by atoms with Crippen molar-refractivity contribution in [2.45, 2.75) is 46.6 Å². The van der Waals surface area contributed by atoms with Crippen LogP contribution >= 0.6 is 0 Å². The number of hydrogen-bond acceptors (Lipinski definition) is 2. The third-order valence-electron chi connectivity index (χ3n) is 3.06. The maximum absolute atomic E-state index is 5.71. The molecule has 0 radical (unpaired) electrons. The van der Waals surface area contributed by atoms with Crippen LogP contribution in [0.4, 0.5) is 0 Å². The smallest absolute Gasteiger partial charge is 0.119 e. The van der Waals surface area contributed by atoms with E-state index in [9.17, 15) is 0 Å². The van der Waals surface area contributed by atoms with Crippen LogP contribution in [-0.2, 0) is 0 Å². The number of ether oxygens (including phenoxy) is 1. The van der Waals surface area contributed by atoms with Gasteiger partial charge in [-0.3, -0.25) is 0 Å². The van der Waals surface area contributed by atoms with Crippen LogP contribution in [0.1, 0.15) is 37.8 Å². The molecule has 0 fully saturated rings. The summed E-state index contributed by atoms with van der Waals surface area (Å²) in [6, 6.07) is 6.84. The van der Waals surface area contributed by atoms with Crippen LogP contribution in [0.25, 0.3) is 0 Å². The van der Waals surface area contributed by atoms with Gasteiger partial charge < -0.3 is 10.1 Å². The van der Waals surface area contributed by atoms with E-state index >= 15 is 0 Å². The van der Waals surface area contributed by atoms with E-state index in [0.717, 1.165) is 18.9 Å². The van der Waals surface area contributed by atoms with Crippen molar-refractivity contribution in [1.82, 2.24) is 5.32 Å². The van der Waals surface area contributed by atoms with E-state index in [0.29, 0.717) is 6.04 Å². The Hall–Kier alpha value is -1.02. The summed E-state index contributed by atoms with van der Waals surface area (Å²) >= 11 is 0. The zero-order valence-electron chi connectivity index (χ0n) is 11.5. The minimum Gasteiger partial charge on any atom is -0.492 e. The van der Waals surface area contributed by atoms with Gasteiger partial charge in [0.25, 0.3) is 0 Å². The summed E-state index contributed by atoms with van der Waals surface area (Å²) in [6.45, 7) is 10.3. The molecule has 1 aromatic carbocycles. The normalized spacial score (nSPS) is 12.5. The molecule has 0 aliphatic rings. The molecule has 0 aromatic heterocycles. The largest absolute Gasteiger partial charge is 0.492 e. The van der Waals surface area contributed by atoms with Gasteiger partial charge in [0, 0.05) is 12.6 Å². The van der Waals surface area contributed by atoms with Crippen molar-refractivity contribution >= 4 is 0 Å². The highest BCUT2D eigenvalue weighted by Crippen LogP contribution is 2.15. The van der Waals surface area contributed by atoms with Crippen LogP contribution in [-0.4, -0.2) is 19.2 Å². The summed E-state index contributed by atoms with van der Waals surface area (Å²) in [4.78, 5) is 0. The molecule has 96 valence electrons. The lowest BCUT2D eigenvalue weighted by Gasteiger charge is -2.13. The van der Waals surface area contributed by atoms with Gasteiger partial charge in [0.05, 0.1) is 0 Å². The molecule has 0 bridgehead atoms. The fourth-order valence-corrected chi connectivity index (χ4v) is 1.81. The number of nitrogens with one attached hydrogen (secondary N) is 1. The Morgan fingerprint density at radius 1 is 1.24 bits per heavy atom. The van der Waals surface area contributed by atoms with Gasteiger partial charge in [0.2, 0.25) is 0 Å². The van der Waals surface area contributed by atoms with Gasteiger partial charge in [-0.25, -0.2) is 0 Å². The van der Waals surface area contributed by atoms with Crippen molar-refractivity contribution in [2.24, 2.45) is 0 Å². The van der Waals surface area contributed by atoms with Crippen LogP contribution in [0.5, 0.6) is 5.75 Å². The molecule has 1 rings (SSSR count). The highest BCUT2D eigenvalue weighted by molar-refractivity contribution is 5.33. The first-order valence-electron chi connectivity index (χ1n) is 6.57. The summed E-state index contributed by atoms with van der Waals surface area (Å²) in [5, 5.41) is 3.45. The Kier molecular flexibility index (Phi) is 6.06. The molecule has 0 heterocycles. The predicted molar refractivity (Wildman–Crippen MR) is 73.8 cm³/mol. The van der Waals surface area contributed by atoms with Crippen LogP contribution in [0.3, 0.4) is 0 Å². The van der Waals surface area contributed by atoms with Crippen LogP contribution in [0.2, 0.25) is 0 Å². The molecular weight excluding hydrogens is 210 g/mol. The highest BCUT2D eigenvalue weighted by atomic mass is 16.5. The van der Waals surface area contributed by atoms with Crippen molar-refractivity contribution < 1.29 is 4.74 Å². The Balaban J connectivity index is 2.24. The fraction of sp³-hybridized carbons (Fsp3) is 0.600. The SMILES string of the molecule is CCCC(C)NCCOc1ccc(C)c(C)c1. The quantitative estimate of drug-likeness (QED) is 0.731. The number of hydrogen-bond donors (Lipinski definition) is 1. The molecule has 0 aliphatic carbocycles. The van der Waals surface area contributed by atoms with E-state index in [1.165, 1.54) is 24.0 Å². The minimum absolute atomic E-state index is 0.586. The summed E-state index contributed by atoms with van der Waals surface area (Å²) in [7, 11) is 0. The zero-order chi connectivity index (χ0) is 12.7. The first-order chi connectivity index (χ1) is 8.13. The average molecular weight is 235 g/mol. The van der Waals surface area contributed by atoms with Crippen LogP contribution in [0.15, 0.2) is 18.2 Å². The third-order valence-corrected chi connectivity index (χ3v) is 3.06. The monoisotopic (exact) mass is 235 g/mol. The number of rotatable bonds is 7. The fourth-order valence-electron chi connectivity index (χ4n) is 1.81. The van der Waals surface area contributed by atoms with Crippen molar-refractivity contribution in [3.8, 4) is 5.75 Å². The Morgan fingerprint density at radius 3 is 2.65 bits per heavy atom. The topological polar surface area (TPSA) is 21.3 Å².